The average molecular weight is 149 g/mol. The van der Waals surface area contributed by atoms with E-state index in [1.165, 1.54) is 0 Å². The maximum atomic E-state index is 9.91. The molecule has 58 valence electrons. The van der Waals surface area contributed by atoms with Gasteiger partial charge in [-0.25, -0.2) is 4.79 Å². The molecule has 1 amide bonds. The van der Waals surface area contributed by atoms with E-state index >= 15 is 0 Å². The number of ether oxygens (including phenoxy) is 1. The van der Waals surface area contributed by atoms with Crippen LogP contribution in [0.3, 0.4) is 0 Å². The molecule has 0 spiro atoms. The molecule has 6 nitrogen and oxygen atoms in total. The van der Waals surface area contributed by atoms with E-state index in [1.54, 1.807) is 0 Å². The highest BCUT2D eigenvalue weighted by Gasteiger charge is 2.06. The lowest BCUT2D eigenvalue weighted by Gasteiger charge is -1.80. The van der Waals surface area contributed by atoms with Crippen LogP contribution < -0.4 is 5.32 Å². The highest BCUT2D eigenvalue weighted by Crippen LogP contribution is 1.82. The van der Waals surface area contributed by atoms with Crippen molar-refractivity contribution < 1.29 is 24.6 Å². The fraction of sp³-hybridized carbons (Fsp3) is 0.667. The Morgan fingerprint density at radius 3 is 2.10 bits per heavy atom. The van der Waals surface area contributed by atoms with E-state index in [2.05, 4.69) is 10.1 Å². The lowest BCUT2D eigenvalue weighted by atomic mass is 10.3. The van der Waals surface area contributed by atoms with Crippen molar-refractivity contribution >= 4 is 13.4 Å². The molecule has 1 aliphatic rings. The van der Waals surface area contributed by atoms with Crippen LogP contribution in [0.25, 0.3) is 0 Å². The number of rotatable bonds is 0. The number of carbonyl (C=O) groups excluding carboxylic acids is 1. The quantitative estimate of drug-likeness (QED) is 0.289. The zero-order valence-electron chi connectivity index (χ0n) is 5.15. The molecule has 1 rings (SSSR count). The van der Waals surface area contributed by atoms with Gasteiger partial charge in [-0.05, 0) is 0 Å². The molecule has 0 atom stereocenters. The SMILES string of the molecule is O=C1NCCO1.OB(O)O. The number of hydrogen-bond donors (Lipinski definition) is 4. The van der Waals surface area contributed by atoms with Crippen molar-refractivity contribution in [3.05, 3.63) is 0 Å². The van der Waals surface area contributed by atoms with Crippen molar-refractivity contribution in [1.29, 1.82) is 0 Å². The van der Waals surface area contributed by atoms with Crippen LogP contribution in [0.2, 0.25) is 0 Å². The number of carbonyl (C=O) groups is 1. The summed E-state index contributed by atoms with van der Waals surface area (Å²) in [5.74, 6) is 0. The lowest BCUT2D eigenvalue weighted by molar-refractivity contribution is 0.178. The molecule has 4 N–H and O–H groups in total. The fourth-order valence-electron chi connectivity index (χ4n) is 0.348. The first-order chi connectivity index (χ1) is 4.63. The van der Waals surface area contributed by atoms with Gasteiger partial charge in [-0.1, -0.05) is 0 Å². The predicted octanol–water partition coefficient (Wildman–Crippen LogP) is -2.33. The third kappa shape index (κ3) is 7.21. The third-order valence-corrected chi connectivity index (χ3v) is 0.605. The van der Waals surface area contributed by atoms with Crippen LogP contribution in [0.15, 0.2) is 0 Å². The summed E-state index contributed by atoms with van der Waals surface area (Å²) in [5.41, 5.74) is 0. The molecule has 0 aliphatic carbocycles. The van der Waals surface area contributed by atoms with Crippen molar-refractivity contribution in [1.82, 2.24) is 5.32 Å². The molecular formula is C3H8BNO5. The maximum Gasteiger partial charge on any atom is 0.631 e. The van der Waals surface area contributed by atoms with E-state index < -0.39 is 7.32 Å². The van der Waals surface area contributed by atoms with Crippen LogP contribution >= 0.6 is 0 Å². The molecule has 1 aliphatic heterocycles. The zero-order valence-corrected chi connectivity index (χ0v) is 5.15. The maximum absolute atomic E-state index is 9.91. The van der Waals surface area contributed by atoms with E-state index in [9.17, 15) is 4.79 Å². The fourth-order valence-corrected chi connectivity index (χ4v) is 0.348. The van der Waals surface area contributed by atoms with Crippen LogP contribution in [0.4, 0.5) is 4.79 Å². The van der Waals surface area contributed by atoms with Crippen LogP contribution in [-0.4, -0.2) is 41.6 Å². The smallest absolute Gasteiger partial charge is 0.448 e. The molecule has 1 fully saturated rings. The van der Waals surface area contributed by atoms with Crippen LogP contribution in [0, 0.1) is 0 Å². The van der Waals surface area contributed by atoms with Gasteiger partial charge in [0.1, 0.15) is 6.61 Å². The Balaban J connectivity index is 0.000000180. The minimum absolute atomic E-state index is 0.296. The van der Waals surface area contributed by atoms with E-state index in [1.807, 2.05) is 0 Å². The molecule has 0 aromatic carbocycles. The Hall–Kier alpha value is -0.785. The molecule has 0 aromatic heterocycles. The van der Waals surface area contributed by atoms with E-state index in [-0.39, 0.29) is 6.09 Å². The Morgan fingerprint density at radius 2 is 2.00 bits per heavy atom. The van der Waals surface area contributed by atoms with Gasteiger partial charge in [0.2, 0.25) is 0 Å². The van der Waals surface area contributed by atoms with Crippen LogP contribution in [-0.2, 0) is 4.74 Å². The Kier molecular flexibility index (Phi) is 4.64. The Labute approximate surface area is 57.6 Å². The van der Waals surface area contributed by atoms with Gasteiger partial charge in [0.05, 0.1) is 6.54 Å². The van der Waals surface area contributed by atoms with Gasteiger partial charge in [-0.15, -0.1) is 0 Å². The van der Waals surface area contributed by atoms with Crippen molar-refractivity contribution in [3.8, 4) is 0 Å². The number of hydrogen-bond acceptors (Lipinski definition) is 5. The molecule has 1 heterocycles. The van der Waals surface area contributed by atoms with Crippen molar-refractivity contribution in [2.45, 2.75) is 0 Å². The molecular weight excluding hydrogens is 141 g/mol. The van der Waals surface area contributed by atoms with Crippen LogP contribution in [0.1, 0.15) is 0 Å². The van der Waals surface area contributed by atoms with Crippen molar-refractivity contribution in [2.24, 2.45) is 0 Å². The molecule has 7 heteroatoms. The highest BCUT2D eigenvalue weighted by atomic mass is 16.6. The lowest BCUT2D eigenvalue weighted by Crippen LogP contribution is -2.11. The molecule has 0 saturated carbocycles. The van der Waals surface area contributed by atoms with Gasteiger partial charge in [0, 0.05) is 0 Å². The van der Waals surface area contributed by atoms with Gasteiger partial charge in [-0.2, -0.15) is 0 Å². The van der Waals surface area contributed by atoms with E-state index in [4.69, 9.17) is 15.1 Å². The van der Waals surface area contributed by atoms with E-state index in [0.717, 1.165) is 0 Å². The Bertz CT molecular complexity index is 96.3. The first-order valence-electron chi connectivity index (χ1n) is 2.58. The highest BCUT2D eigenvalue weighted by molar-refractivity contribution is 6.30. The largest absolute Gasteiger partial charge is 0.631 e. The topological polar surface area (TPSA) is 99.0 Å². The van der Waals surface area contributed by atoms with Crippen LogP contribution in [0.5, 0.6) is 0 Å². The third-order valence-electron chi connectivity index (χ3n) is 0.605. The molecule has 0 bridgehead atoms. The number of cyclic esters (lactones) is 1. The van der Waals surface area contributed by atoms with Gasteiger partial charge >= 0.3 is 13.4 Å². The molecule has 10 heavy (non-hydrogen) atoms. The number of amides is 1. The monoisotopic (exact) mass is 149 g/mol. The standard InChI is InChI=1S/C3H5NO2.BH3O3/c5-3-4-1-2-6-3;2-1(3)4/h1-2H2,(H,4,5);2-4H. The summed E-state index contributed by atoms with van der Waals surface area (Å²) >= 11 is 0. The van der Waals surface area contributed by atoms with Gasteiger partial charge in [0.15, 0.2) is 0 Å². The average Bonchev–Trinajstić information content (AvgIpc) is 2.15. The first-order valence-corrected chi connectivity index (χ1v) is 2.58. The summed E-state index contributed by atoms with van der Waals surface area (Å²) in [7, 11) is -2.17. The minimum Gasteiger partial charge on any atom is -0.448 e. The second-order valence-electron chi connectivity index (χ2n) is 1.41. The van der Waals surface area contributed by atoms with Crippen molar-refractivity contribution in [3.63, 3.8) is 0 Å². The number of nitrogens with one attached hydrogen (secondary N) is 1. The molecule has 0 unspecified atom stereocenters. The zero-order chi connectivity index (χ0) is 7.98. The first kappa shape index (κ1) is 9.21. The summed E-state index contributed by atoms with van der Waals surface area (Å²) in [6, 6.07) is 0. The van der Waals surface area contributed by atoms with Gasteiger partial charge < -0.3 is 25.1 Å². The summed E-state index contributed by atoms with van der Waals surface area (Å²) in [6.07, 6.45) is -0.296. The predicted molar refractivity (Wildman–Crippen MR) is 31.8 cm³/mol. The second-order valence-corrected chi connectivity index (χ2v) is 1.41. The van der Waals surface area contributed by atoms with Gasteiger partial charge in [0.25, 0.3) is 0 Å². The second kappa shape index (κ2) is 5.04. The molecule has 0 aromatic rings. The Morgan fingerprint density at radius 1 is 1.50 bits per heavy atom. The summed E-state index contributed by atoms with van der Waals surface area (Å²) < 4.78 is 4.40. The summed E-state index contributed by atoms with van der Waals surface area (Å²) in [6.45, 7) is 1.19. The van der Waals surface area contributed by atoms with E-state index in [0.29, 0.717) is 13.2 Å². The normalized spacial score (nSPS) is 14.5. The van der Waals surface area contributed by atoms with Gasteiger partial charge in [-0.3, -0.25) is 0 Å². The van der Waals surface area contributed by atoms with Crippen molar-refractivity contribution in [2.75, 3.05) is 13.2 Å². The summed E-state index contributed by atoms with van der Waals surface area (Å²) in [5, 5.41) is 24.0. The molecule has 1 saturated heterocycles. The molecule has 0 radical (unpaired) electrons. The summed E-state index contributed by atoms with van der Waals surface area (Å²) in [4.78, 5) is 9.91. The minimum atomic E-state index is -2.17. The number of alkyl carbamates (subject to hydrolysis) is 1.